The predicted octanol–water partition coefficient (Wildman–Crippen LogP) is 1.90. The third-order valence-electron chi connectivity index (χ3n) is 2.79. The second-order valence-corrected chi connectivity index (χ2v) is 5.82. The third-order valence-corrected chi connectivity index (χ3v) is 3.89. The summed E-state index contributed by atoms with van der Waals surface area (Å²) in [5.41, 5.74) is 0.858. The van der Waals surface area contributed by atoms with Crippen LogP contribution >= 0.6 is 23.4 Å². The Hall–Kier alpha value is -2.06. The van der Waals surface area contributed by atoms with Crippen molar-refractivity contribution in [3.8, 4) is 11.4 Å². The lowest BCUT2D eigenvalue weighted by Crippen LogP contribution is -2.27. The van der Waals surface area contributed by atoms with E-state index in [1.54, 1.807) is 12.1 Å². The molecule has 2 aromatic rings. The van der Waals surface area contributed by atoms with E-state index >= 15 is 0 Å². The summed E-state index contributed by atoms with van der Waals surface area (Å²) in [7, 11) is 1.31. The molecule has 122 valence electrons. The van der Waals surface area contributed by atoms with Crippen LogP contribution in [0.1, 0.15) is 6.42 Å². The molecule has 2 N–H and O–H groups in total. The van der Waals surface area contributed by atoms with Gasteiger partial charge in [-0.15, -0.1) is 5.10 Å². The molecule has 0 unspecified atom stereocenters. The molecule has 0 radical (unpaired) electrons. The smallest absolute Gasteiger partial charge is 0.307 e. The Morgan fingerprint density at radius 3 is 2.78 bits per heavy atom. The van der Waals surface area contributed by atoms with Crippen molar-refractivity contribution in [2.24, 2.45) is 0 Å². The van der Waals surface area contributed by atoms with Crippen LogP contribution in [0.3, 0.4) is 0 Å². The van der Waals surface area contributed by atoms with Crippen LogP contribution in [0, 0.1) is 0 Å². The number of thioether (sulfide) groups is 1. The van der Waals surface area contributed by atoms with Gasteiger partial charge in [-0.3, -0.25) is 14.7 Å². The number of amides is 1. The summed E-state index contributed by atoms with van der Waals surface area (Å²) in [6, 6.07) is 7.19. The van der Waals surface area contributed by atoms with Crippen LogP contribution in [0.4, 0.5) is 0 Å². The van der Waals surface area contributed by atoms with E-state index in [-0.39, 0.29) is 30.6 Å². The molecule has 0 atom stereocenters. The van der Waals surface area contributed by atoms with Crippen molar-refractivity contribution in [3.63, 3.8) is 0 Å². The van der Waals surface area contributed by atoms with Crippen LogP contribution in [0.15, 0.2) is 29.4 Å². The average molecular weight is 355 g/mol. The van der Waals surface area contributed by atoms with Crippen LogP contribution in [-0.4, -0.2) is 46.5 Å². The Bertz CT molecular complexity index is 675. The first kappa shape index (κ1) is 17.3. The molecular weight excluding hydrogens is 340 g/mol. The van der Waals surface area contributed by atoms with Crippen molar-refractivity contribution in [1.29, 1.82) is 0 Å². The van der Waals surface area contributed by atoms with Crippen LogP contribution < -0.4 is 5.32 Å². The molecule has 0 fully saturated rings. The Morgan fingerprint density at radius 2 is 2.09 bits per heavy atom. The molecule has 0 saturated heterocycles. The Morgan fingerprint density at radius 1 is 1.35 bits per heavy atom. The van der Waals surface area contributed by atoms with Crippen molar-refractivity contribution in [2.75, 3.05) is 19.4 Å². The third kappa shape index (κ3) is 5.57. The van der Waals surface area contributed by atoms with Gasteiger partial charge in [-0.25, -0.2) is 4.98 Å². The highest BCUT2D eigenvalue weighted by molar-refractivity contribution is 7.99. The second kappa shape index (κ2) is 8.54. The van der Waals surface area contributed by atoms with Gasteiger partial charge in [0.1, 0.15) is 0 Å². The lowest BCUT2D eigenvalue weighted by atomic mass is 10.2. The van der Waals surface area contributed by atoms with E-state index in [0.29, 0.717) is 16.0 Å². The molecule has 0 spiro atoms. The number of carbonyl (C=O) groups is 2. The number of aromatic amines is 1. The second-order valence-electron chi connectivity index (χ2n) is 4.44. The van der Waals surface area contributed by atoms with Gasteiger partial charge in [-0.05, 0) is 24.3 Å². The van der Waals surface area contributed by atoms with E-state index in [1.807, 2.05) is 12.1 Å². The molecule has 1 amide bonds. The molecule has 0 aliphatic heterocycles. The lowest BCUT2D eigenvalue weighted by molar-refractivity contribution is -0.140. The fourth-order valence-corrected chi connectivity index (χ4v) is 2.39. The molecule has 0 saturated carbocycles. The molecule has 0 bridgehead atoms. The molecule has 1 heterocycles. The van der Waals surface area contributed by atoms with Crippen molar-refractivity contribution >= 4 is 35.2 Å². The number of nitrogens with zero attached hydrogens (tertiary/aromatic N) is 2. The minimum absolute atomic E-state index is 0.147. The van der Waals surface area contributed by atoms with Gasteiger partial charge in [0.25, 0.3) is 0 Å². The summed E-state index contributed by atoms with van der Waals surface area (Å²) in [6.07, 6.45) is 0.147. The van der Waals surface area contributed by atoms with E-state index in [1.165, 1.54) is 18.9 Å². The molecule has 0 aliphatic carbocycles. The van der Waals surface area contributed by atoms with E-state index in [9.17, 15) is 9.59 Å². The minimum Gasteiger partial charge on any atom is -0.469 e. The number of nitrogens with one attached hydrogen (secondary N) is 2. The average Bonchev–Trinajstić information content (AvgIpc) is 3.02. The highest BCUT2D eigenvalue weighted by Gasteiger charge is 2.09. The predicted molar refractivity (Wildman–Crippen MR) is 87.2 cm³/mol. The topological polar surface area (TPSA) is 97.0 Å². The van der Waals surface area contributed by atoms with Gasteiger partial charge in [0.15, 0.2) is 5.82 Å². The first-order valence-electron chi connectivity index (χ1n) is 6.73. The fraction of sp³-hybridized carbons (Fsp3) is 0.286. The molecule has 0 aliphatic rings. The van der Waals surface area contributed by atoms with Gasteiger partial charge in [0.05, 0.1) is 19.3 Å². The Kier molecular flexibility index (Phi) is 6.42. The zero-order valence-corrected chi connectivity index (χ0v) is 13.9. The monoisotopic (exact) mass is 354 g/mol. The largest absolute Gasteiger partial charge is 0.469 e. The fourth-order valence-electron chi connectivity index (χ4n) is 1.63. The molecule has 1 aromatic carbocycles. The molecule has 2 rings (SSSR count). The maximum Gasteiger partial charge on any atom is 0.307 e. The van der Waals surface area contributed by atoms with Crippen LogP contribution in [0.2, 0.25) is 5.02 Å². The SMILES string of the molecule is COC(=O)CCNC(=O)CSc1n[nH]c(-c2ccc(Cl)cc2)n1. The van der Waals surface area contributed by atoms with Gasteiger partial charge < -0.3 is 10.1 Å². The molecular formula is C14H15ClN4O3S. The molecule has 1 aromatic heterocycles. The van der Waals surface area contributed by atoms with Crippen molar-refractivity contribution in [1.82, 2.24) is 20.5 Å². The number of H-pyrrole nitrogens is 1. The zero-order chi connectivity index (χ0) is 16.7. The van der Waals surface area contributed by atoms with Gasteiger partial charge >= 0.3 is 5.97 Å². The first-order chi connectivity index (χ1) is 11.1. The minimum atomic E-state index is -0.362. The van der Waals surface area contributed by atoms with Gasteiger partial charge in [0, 0.05) is 17.1 Å². The number of benzene rings is 1. The van der Waals surface area contributed by atoms with Crippen LogP contribution in [0.25, 0.3) is 11.4 Å². The van der Waals surface area contributed by atoms with E-state index in [2.05, 4.69) is 25.2 Å². The molecule has 9 heteroatoms. The summed E-state index contributed by atoms with van der Waals surface area (Å²) >= 11 is 7.04. The number of carbonyl (C=O) groups excluding carboxylic acids is 2. The maximum atomic E-state index is 11.6. The summed E-state index contributed by atoms with van der Waals surface area (Å²) < 4.78 is 4.49. The van der Waals surface area contributed by atoms with Gasteiger partial charge in [-0.1, -0.05) is 23.4 Å². The molecule has 23 heavy (non-hydrogen) atoms. The summed E-state index contributed by atoms with van der Waals surface area (Å²) in [5, 5.41) is 10.6. The van der Waals surface area contributed by atoms with E-state index in [4.69, 9.17) is 11.6 Å². The number of ether oxygens (including phenoxy) is 1. The molecule has 7 nitrogen and oxygen atoms in total. The highest BCUT2D eigenvalue weighted by Crippen LogP contribution is 2.20. The number of methoxy groups -OCH3 is 1. The van der Waals surface area contributed by atoms with Crippen molar-refractivity contribution < 1.29 is 14.3 Å². The standard InChI is InChI=1S/C14H15ClN4O3S/c1-22-12(21)6-7-16-11(20)8-23-14-17-13(18-19-14)9-2-4-10(15)5-3-9/h2-5H,6-8H2,1H3,(H,16,20)(H,17,18,19). The lowest BCUT2D eigenvalue weighted by Gasteiger charge is -2.02. The number of halogens is 1. The van der Waals surface area contributed by atoms with Crippen LogP contribution in [-0.2, 0) is 14.3 Å². The van der Waals surface area contributed by atoms with Crippen molar-refractivity contribution in [2.45, 2.75) is 11.6 Å². The number of hydrogen-bond donors (Lipinski definition) is 2. The van der Waals surface area contributed by atoms with Crippen molar-refractivity contribution in [3.05, 3.63) is 29.3 Å². The zero-order valence-electron chi connectivity index (χ0n) is 12.3. The first-order valence-corrected chi connectivity index (χ1v) is 8.09. The Balaban J connectivity index is 1.79. The van der Waals surface area contributed by atoms with Gasteiger partial charge in [0.2, 0.25) is 11.1 Å². The summed E-state index contributed by atoms with van der Waals surface area (Å²) in [4.78, 5) is 26.9. The number of hydrogen-bond acceptors (Lipinski definition) is 6. The Labute approximate surface area is 142 Å². The van der Waals surface area contributed by atoms with E-state index < -0.39 is 0 Å². The van der Waals surface area contributed by atoms with Crippen LogP contribution in [0.5, 0.6) is 0 Å². The van der Waals surface area contributed by atoms with Gasteiger partial charge in [-0.2, -0.15) is 0 Å². The number of esters is 1. The number of aromatic nitrogens is 3. The summed E-state index contributed by atoms with van der Waals surface area (Å²) in [6.45, 7) is 0.246. The quantitative estimate of drug-likeness (QED) is 0.582. The normalized spacial score (nSPS) is 10.3. The summed E-state index contributed by atoms with van der Waals surface area (Å²) in [5.74, 6) is 0.213. The van der Waals surface area contributed by atoms with E-state index in [0.717, 1.165) is 5.56 Å². The highest BCUT2D eigenvalue weighted by atomic mass is 35.5. The maximum absolute atomic E-state index is 11.6. The number of rotatable bonds is 7.